The highest BCUT2D eigenvalue weighted by atomic mass is 16.6. The molecule has 0 radical (unpaired) electrons. The number of nitrogens with zero attached hydrogens (tertiary/aromatic N) is 3. The largest absolute Gasteiger partial charge is 0.444 e. The number of nitrogens with one attached hydrogen (secondary N) is 1. The van der Waals surface area contributed by atoms with Crippen LogP contribution in [0.3, 0.4) is 0 Å². The van der Waals surface area contributed by atoms with E-state index in [4.69, 9.17) is 9.47 Å². The molecular weight excluding hydrogens is 440 g/mol. The number of ether oxygens (including phenoxy) is 2. The molecule has 1 saturated carbocycles. The number of piperidine rings is 1. The van der Waals surface area contributed by atoms with E-state index in [1.807, 2.05) is 30.3 Å². The number of piperazine rings is 1. The summed E-state index contributed by atoms with van der Waals surface area (Å²) >= 11 is 0. The van der Waals surface area contributed by atoms with Crippen LogP contribution in [0.15, 0.2) is 30.3 Å². The lowest BCUT2D eigenvalue weighted by Gasteiger charge is -2.45. The first kappa shape index (κ1) is 22.9. The molecule has 3 heterocycles. The number of anilines is 1. The SMILES string of the molecule is O=C(NO)[C@H]1CC2(CC2)CN(C(=O)O[C@@H]2CCOC2)[C@@H]1C(=O)N1CCN(c2ccccc2)CC1. The molecule has 1 aromatic carbocycles. The second-order valence-corrected chi connectivity index (χ2v) is 9.88. The molecule has 3 amide bonds. The average Bonchev–Trinajstić information content (AvgIpc) is 3.41. The first-order valence-corrected chi connectivity index (χ1v) is 12.1. The second-order valence-electron chi connectivity index (χ2n) is 9.88. The molecule has 3 saturated heterocycles. The summed E-state index contributed by atoms with van der Waals surface area (Å²) in [4.78, 5) is 45.1. The van der Waals surface area contributed by atoms with Crippen molar-refractivity contribution in [2.24, 2.45) is 11.3 Å². The number of rotatable bonds is 4. The van der Waals surface area contributed by atoms with Crippen molar-refractivity contribution in [3.05, 3.63) is 30.3 Å². The summed E-state index contributed by atoms with van der Waals surface area (Å²) in [6.07, 6.45) is 1.92. The molecule has 1 aliphatic carbocycles. The Labute approximate surface area is 198 Å². The molecule has 10 nitrogen and oxygen atoms in total. The molecule has 0 aromatic heterocycles. The monoisotopic (exact) mass is 472 g/mol. The highest BCUT2D eigenvalue weighted by Crippen LogP contribution is 2.55. The highest BCUT2D eigenvalue weighted by molar-refractivity contribution is 5.93. The molecule has 1 spiro atoms. The Morgan fingerprint density at radius 1 is 1.09 bits per heavy atom. The summed E-state index contributed by atoms with van der Waals surface area (Å²) in [5, 5.41) is 9.42. The Morgan fingerprint density at radius 3 is 2.44 bits per heavy atom. The third kappa shape index (κ3) is 4.56. The smallest absolute Gasteiger partial charge is 0.410 e. The number of hydroxylamine groups is 1. The van der Waals surface area contributed by atoms with Gasteiger partial charge in [-0.05, 0) is 36.8 Å². The lowest BCUT2D eigenvalue weighted by atomic mass is 9.80. The minimum Gasteiger partial charge on any atom is -0.444 e. The van der Waals surface area contributed by atoms with Gasteiger partial charge in [0.05, 0.1) is 19.1 Å². The minimum absolute atomic E-state index is 0.189. The first-order valence-electron chi connectivity index (χ1n) is 12.1. The van der Waals surface area contributed by atoms with Crippen LogP contribution in [-0.4, -0.2) is 91.0 Å². The van der Waals surface area contributed by atoms with Crippen LogP contribution in [0.4, 0.5) is 10.5 Å². The minimum atomic E-state index is -1.00. The molecule has 5 rings (SSSR count). The number of para-hydroxylation sites is 1. The van der Waals surface area contributed by atoms with Gasteiger partial charge in [0, 0.05) is 44.8 Å². The zero-order chi connectivity index (χ0) is 23.7. The van der Waals surface area contributed by atoms with Crippen LogP contribution in [0.2, 0.25) is 0 Å². The van der Waals surface area contributed by atoms with Crippen LogP contribution in [-0.2, 0) is 19.1 Å². The van der Waals surface area contributed by atoms with E-state index in [9.17, 15) is 19.6 Å². The zero-order valence-corrected chi connectivity index (χ0v) is 19.2. The Balaban J connectivity index is 1.34. The lowest BCUT2D eigenvalue weighted by Crippen LogP contribution is -2.63. The molecule has 3 atom stereocenters. The summed E-state index contributed by atoms with van der Waals surface area (Å²) in [7, 11) is 0. The van der Waals surface area contributed by atoms with Crippen LogP contribution in [0.1, 0.15) is 25.7 Å². The maximum Gasteiger partial charge on any atom is 0.410 e. The number of amides is 3. The van der Waals surface area contributed by atoms with Gasteiger partial charge in [0.25, 0.3) is 0 Å². The molecule has 4 aliphatic rings. The van der Waals surface area contributed by atoms with E-state index in [-0.39, 0.29) is 17.4 Å². The first-order chi connectivity index (χ1) is 16.5. The Hall–Kier alpha value is -2.85. The van der Waals surface area contributed by atoms with E-state index in [1.54, 1.807) is 10.4 Å². The van der Waals surface area contributed by atoms with E-state index < -0.39 is 24.0 Å². The number of benzene rings is 1. The normalized spacial score (nSPS) is 28.0. The third-order valence-corrected chi connectivity index (χ3v) is 7.64. The van der Waals surface area contributed by atoms with Gasteiger partial charge in [-0.1, -0.05) is 18.2 Å². The van der Waals surface area contributed by atoms with Gasteiger partial charge in [0.2, 0.25) is 11.8 Å². The van der Waals surface area contributed by atoms with Gasteiger partial charge in [-0.2, -0.15) is 0 Å². The molecule has 10 heteroatoms. The van der Waals surface area contributed by atoms with Crippen molar-refractivity contribution in [3.63, 3.8) is 0 Å². The lowest BCUT2D eigenvalue weighted by molar-refractivity contribution is -0.150. The van der Waals surface area contributed by atoms with Gasteiger partial charge in [0.15, 0.2) is 0 Å². The van der Waals surface area contributed by atoms with Gasteiger partial charge in [0.1, 0.15) is 12.1 Å². The van der Waals surface area contributed by atoms with Crippen LogP contribution < -0.4 is 10.4 Å². The maximum absolute atomic E-state index is 13.8. The second kappa shape index (κ2) is 9.42. The maximum atomic E-state index is 13.8. The molecule has 1 aromatic rings. The fraction of sp³-hybridized carbons (Fsp3) is 0.625. The third-order valence-electron chi connectivity index (χ3n) is 7.64. The number of hydrogen-bond donors (Lipinski definition) is 2. The Bertz CT molecular complexity index is 909. The molecule has 4 fully saturated rings. The summed E-state index contributed by atoms with van der Waals surface area (Å²) < 4.78 is 11.0. The fourth-order valence-corrected chi connectivity index (χ4v) is 5.49. The molecule has 0 unspecified atom stereocenters. The van der Waals surface area contributed by atoms with Crippen molar-refractivity contribution in [3.8, 4) is 0 Å². The topological polar surface area (TPSA) is 112 Å². The fourth-order valence-electron chi connectivity index (χ4n) is 5.49. The van der Waals surface area contributed by atoms with Gasteiger partial charge in [-0.15, -0.1) is 0 Å². The Kier molecular flexibility index (Phi) is 6.35. The molecule has 184 valence electrons. The molecule has 0 bridgehead atoms. The van der Waals surface area contributed by atoms with Crippen LogP contribution in [0, 0.1) is 11.3 Å². The predicted molar refractivity (Wildman–Crippen MR) is 121 cm³/mol. The number of hydrogen-bond acceptors (Lipinski definition) is 7. The summed E-state index contributed by atoms with van der Waals surface area (Å²) in [6, 6.07) is 9.02. The van der Waals surface area contributed by atoms with Crippen molar-refractivity contribution < 1.29 is 29.1 Å². The van der Waals surface area contributed by atoms with E-state index in [0.717, 1.165) is 18.5 Å². The zero-order valence-electron chi connectivity index (χ0n) is 19.2. The van der Waals surface area contributed by atoms with Crippen molar-refractivity contribution >= 4 is 23.6 Å². The summed E-state index contributed by atoms with van der Waals surface area (Å²) in [5.41, 5.74) is 2.64. The van der Waals surface area contributed by atoms with Gasteiger partial charge in [-0.25, -0.2) is 10.3 Å². The van der Waals surface area contributed by atoms with Crippen molar-refractivity contribution in [1.29, 1.82) is 0 Å². The van der Waals surface area contributed by atoms with Gasteiger partial charge in [-0.3, -0.25) is 19.7 Å². The van der Waals surface area contributed by atoms with Crippen molar-refractivity contribution in [2.75, 3.05) is 50.8 Å². The van der Waals surface area contributed by atoms with Crippen LogP contribution in [0.25, 0.3) is 0 Å². The Morgan fingerprint density at radius 2 is 1.82 bits per heavy atom. The number of carbonyl (C=O) groups is 3. The summed E-state index contributed by atoms with van der Waals surface area (Å²) in [6.45, 7) is 3.55. The van der Waals surface area contributed by atoms with E-state index in [2.05, 4.69) is 4.90 Å². The van der Waals surface area contributed by atoms with E-state index >= 15 is 0 Å². The molecular formula is C24H32N4O6. The molecule has 34 heavy (non-hydrogen) atoms. The quantitative estimate of drug-likeness (QED) is 0.501. The average molecular weight is 473 g/mol. The van der Waals surface area contributed by atoms with E-state index in [1.165, 1.54) is 4.90 Å². The van der Waals surface area contributed by atoms with Crippen molar-refractivity contribution in [1.82, 2.24) is 15.3 Å². The van der Waals surface area contributed by atoms with Gasteiger partial charge >= 0.3 is 6.09 Å². The molecule has 2 N–H and O–H groups in total. The standard InChI is InChI=1S/C24H32N4O6/c29-21(25-32)19-14-24(7-8-24)16-28(23(31)34-18-6-13-33-15-18)20(19)22(30)27-11-9-26(10-12-27)17-4-2-1-3-5-17/h1-5,18-20,32H,6-16H2,(H,25,29)/t18-,19+,20+/m1/s1. The number of carbonyl (C=O) groups excluding carboxylic acids is 3. The van der Waals surface area contributed by atoms with Crippen LogP contribution >= 0.6 is 0 Å². The van der Waals surface area contributed by atoms with Gasteiger partial charge < -0.3 is 19.3 Å². The van der Waals surface area contributed by atoms with Crippen molar-refractivity contribution in [2.45, 2.75) is 37.8 Å². The van der Waals surface area contributed by atoms with E-state index in [0.29, 0.717) is 58.8 Å². The highest BCUT2D eigenvalue weighted by Gasteiger charge is 2.58. The summed E-state index contributed by atoms with van der Waals surface area (Å²) in [5.74, 6) is -1.72. The molecule has 3 aliphatic heterocycles. The number of likely N-dealkylation sites (tertiary alicyclic amines) is 1. The van der Waals surface area contributed by atoms with Crippen LogP contribution in [0.5, 0.6) is 0 Å². The predicted octanol–water partition coefficient (Wildman–Crippen LogP) is 1.24.